The topological polar surface area (TPSA) is 91.8 Å². The SMILES string of the molecule is CCSCCNCc1ccc(C(=O)Nc2ccc(Br)cc2C(=O)NN=Cc2ccc(OC)cc2)cc1. The van der Waals surface area contributed by atoms with E-state index in [1.165, 1.54) is 6.21 Å². The summed E-state index contributed by atoms with van der Waals surface area (Å²) >= 11 is 5.29. The number of hydrazone groups is 1. The molecule has 0 bridgehead atoms. The van der Waals surface area contributed by atoms with Gasteiger partial charge in [0, 0.05) is 28.9 Å². The van der Waals surface area contributed by atoms with Crippen LogP contribution in [0.3, 0.4) is 0 Å². The van der Waals surface area contributed by atoms with Crippen LogP contribution in [0.2, 0.25) is 0 Å². The Morgan fingerprint density at radius 2 is 1.78 bits per heavy atom. The molecule has 0 aliphatic rings. The minimum Gasteiger partial charge on any atom is -0.497 e. The van der Waals surface area contributed by atoms with Gasteiger partial charge < -0.3 is 15.4 Å². The molecule has 0 saturated carbocycles. The molecule has 0 unspecified atom stereocenters. The second kappa shape index (κ2) is 14.4. The number of halogens is 1. The lowest BCUT2D eigenvalue weighted by molar-refractivity contribution is 0.0956. The highest BCUT2D eigenvalue weighted by Crippen LogP contribution is 2.22. The van der Waals surface area contributed by atoms with Crippen LogP contribution >= 0.6 is 27.7 Å². The number of benzene rings is 3. The summed E-state index contributed by atoms with van der Waals surface area (Å²) < 4.78 is 5.84. The van der Waals surface area contributed by atoms with E-state index in [4.69, 9.17) is 4.74 Å². The molecular weight excluding hydrogens is 540 g/mol. The number of amides is 2. The van der Waals surface area contributed by atoms with Gasteiger partial charge in [-0.05, 0) is 71.5 Å². The minimum atomic E-state index is -0.445. The molecule has 3 rings (SSSR count). The summed E-state index contributed by atoms with van der Waals surface area (Å²) in [6, 6.07) is 19.8. The molecule has 2 amide bonds. The Labute approximate surface area is 224 Å². The van der Waals surface area contributed by atoms with Gasteiger partial charge in [-0.3, -0.25) is 9.59 Å². The van der Waals surface area contributed by atoms with Crippen LogP contribution in [0, 0.1) is 0 Å². The summed E-state index contributed by atoms with van der Waals surface area (Å²) in [5.41, 5.74) is 5.60. The van der Waals surface area contributed by atoms with E-state index in [-0.39, 0.29) is 11.5 Å². The number of rotatable bonds is 12. The fourth-order valence-corrected chi connectivity index (χ4v) is 4.16. The van der Waals surface area contributed by atoms with Crippen LogP contribution in [-0.2, 0) is 6.54 Å². The summed E-state index contributed by atoms with van der Waals surface area (Å²) in [6.07, 6.45) is 1.53. The van der Waals surface area contributed by atoms with E-state index in [2.05, 4.69) is 44.0 Å². The first-order valence-electron chi connectivity index (χ1n) is 11.5. The second-order valence-electron chi connectivity index (χ2n) is 7.69. The van der Waals surface area contributed by atoms with Gasteiger partial charge in [0.25, 0.3) is 11.8 Å². The van der Waals surface area contributed by atoms with Crippen LogP contribution in [0.25, 0.3) is 0 Å². The van der Waals surface area contributed by atoms with Gasteiger partial charge in [-0.1, -0.05) is 35.0 Å². The molecule has 3 N–H and O–H groups in total. The van der Waals surface area contributed by atoms with Crippen molar-refractivity contribution in [2.75, 3.05) is 30.5 Å². The van der Waals surface area contributed by atoms with Crippen LogP contribution in [0.4, 0.5) is 5.69 Å². The highest BCUT2D eigenvalue weighted by Gasteiger charge is 2.15. The summed E-state index contributed by atoms with van der Waals surface area (Å²) in [5.74, 6) is 2.18. The van der Waals surface area contributed by atoms with Crippen molar-refractivity contribution in [1.82, 2.24) is 10.7 Å². The largest absolute Gasteiger partial charge is 0.497 e. The number of nitrogens with zero attached hydrogens (tertiary/aromatic N) is 1. The van der Waals surface area contributed by atoms with Crippen molar-refractivity contribution in [2.45, 2.75) is 13.5 Å². The average molecular weight is 570 g/mol. The number of carbonyl (C=O) groups is 2. The van der Waals surface area contributed by atoms with Crippen molar-refractivity contribution in [3.05, 3.63) is 93.5 Å². The summed E-state index contributed by atoms with van der Waals surface area (Å²) in [4.78, 5) is 25.7. The molecule has 0 spiro atoms. The van der Waals surface area contributed by atoms with Crippen LogP contribution in [-0.4, -0.2) is 43.2 Å². The number of carbonyl (C=O) groups excluding carboxylic acids is 2. The summed E-state index contributed by atoms with van der Waals surface area (Å²) in [6.45, 7) is 3.84. The van der Waals surface area contributed by atoms with Crippen LogP contribution in [0.5, 0.6) is 5.75 Å². The molecule has 188 valence electrons. The number of thioether (sulfide) groups is 1. The van der Waals surface area contributed by atoms with Crippen LogP contribution in [0.1, 0.15) is 38.8 Å². The van der Waals surface area contributed by atoms with E-state index in [9.17, 15) is 9.59 Å². The molecule has 0 fully saturated rings. The normalized spacial score (nSPS) is 10.9. The van der Waals surface area contributed by atoms with Crippen molar-refractivity contribution in [1.29, 1.82) is 0 Å². The maximum absolute atomic E-state index is 12.9. The number of hydrogen-bond acceptors (Lipinski definition) is 6. The number of hydrogen-bond donors (Lipinski definition) is 3. The quantitative estimate of drug-likeness (QED) is 0.156. The lowest BCUT2D eigenvalue weighted by atomic mass is 10.1. The van der Waals surface area contributed by atoms with E-state index in [1.54, 1.807) is 49.6 Å². The predicted molar refractivity (Wildman–Crippen MR) is 151 cm³/mol. The summed E-state index contributed by atoms with van der Waals surface area (Å²) in [5, 5.41) is 10.3. The maximum atomic E-state index is 12.9. The van der Waals surface area contributed by atoms with Crippen molar-refractivity contribution < 1.29 is 14.3 Å². The van der Waals surface area contributed by atoms with Crippen LogP contribution < -0.4 is 20.8 Å². The van der Waals surface area contributed by atoms with E-state index in [0.717, 1.165) is 41.5 Å². The van der Waals surface area contributed by atoms with E-state index >= 15 is 0 Å². The number of nitrogens with one attached hydrogen (secondary N) is 3. The van der Waals surface area contributed by atoms with E-state index in [1.807, 2.05) is 36.0 Å². The van der Waals surface area contributed by atoms with Crippen molar-refractivity contribution in [2.24, 2.45) is 5.10 Å². The zero-order valence-electron chi connectivity index (χ0n) is 20.2. The van der Waals surface area contributed by atoms with Gasteiger partial charge in [-0.2, -0.15) is 16.9 Å². The minimum absolute atomic E-state index is 0.287. The standard InChI is InChI=1S/C27H29BrN4O3S/c1-3-36-15-14-29-17-19-4-8-21(9-5-19)26(33)31-25-13-10-22(28)16-24(25)27(34)32-30-18-20-6-11-23(35-2)12-7-20/h4-13,16,18,29H,3,14-15,17H2,1-2H3,(H,31,33)(H,32,34). The maximum Gasteiger partial charge on any atom is 0.273 e. The monoisotopic (exact) mass is 568 g/mol. The Bertz CT molecular complexity index is 1180. The lowest BCUT2D eigenvalue weighted by Gasteiger charge is -2.11. The fraction of sp³-hybridized carbons (Fsp3) is 0.222. The third-order valence-electron chi connectivity index (χ3n) is 5.14. The average Bonchev–Trinajstić information content (AvgIpc) is 2.90. The third kappa shape index (κ3) is 8.51. The number of methoxy groups -OCH3 is 1. The zero-order valence-corrected chi connectivity index (χ0v) is 22.6. The van der Waals surface area contributed by atoms with Crippen LogP contribution in [0.15, 0.2) is 76.3 Å². The van der Waals surface area contributed by atoms with Crippen molar-refractivity contribution >= 4 is 51.4 Å². The van der Waals surface area contributed by atoms with Gasteiger partial charge in [0.15, 0.2) is 0 Å². The Balaban J connectivity index is 1.61. The Morgan fingerprint density at radius 3 is 2.47 bits per heavy atom. The van der Waals surface area contributed by atoms with Gasteiger partial charge in [0.2, 0.25) is 0 Å². The summed E-state index contributed by atoms with van der Waals surface area (Å²) in [7, 11) is 1.60. The molecule has 0 aliphatic heterocycles. The molecule has 0 heterocycles. The zero-order chi connectivity index (χ0) is 25.8. The molecule has 0 atom stereocenters. The smallest absolute Gasteiger partial charge is 0.273 e. The predicted octanol–water partition coefficient (Wildman–Crippen LogP) is 5.32. The Hall–Kier alpha value is -3.14. The van der Waals surface area contributed by atoms with E-state index < -0.39 is 5.91 Å². The fourth-order valence-electron chi connectivity index (χ4n) is 3.22. The number of ether oxygens (including phenoxy) is 1. The van der Waals surface area contributed by atoms with Crippen molar-refractivity contribution in [3.8, 4) is 5.75 Å². The first-order valence-corrected chi connectivity index (χ1v) is 13.4. The van der Waals surface area contributed by atoms with Gasteiger partial charge in [-0.25, -0.2) is 5.43 Å². The molecule has 3 aromatic carbocycles. The van der Waals surface area contributed by atoms with Gasteiger partial charge in [-0.15, -0.1) is 0 Å². The van der Waals surface area contributed by atoms with Gasteiger partial charge in [0.05, 0.1) is 24.6 Å². The molecule has 9 heteroatoms. The Morgan fingerprint density at radius 1 is 1.03 bits per heavy atom. The second-order valence-corrected chi connectivity index (χ2v) is 10.00. The molecule has 0 aromatic heterocycles. The van der Waals surface area contributed by atoms with Crippen molar-refractivity contribution in [3.63, 3.8) is 0 Å². The molecule has 36 heavy (non-hydrogen) atoms. The Kier molecular flexibility index (Phi) is 11.0. The highest BCUT2D eigenvalue weighted by atomic mass is 79.9. The number of anilines is 1. The highest BCUT2D eigenvalue weighted by molar-refractivity contribution is 9.10. The van der Waals surface area contributed by atoms with Gasteiger partial charge >= 0.3 is 0 Å². The lowest BCUT2D eigenvalue weighted by Crippen LogP contribution is -2.21. The molecular formula is C27H29BrN4O3S. The van der Waals surface area contributed by atoms with E-state index in [0.29, 0.717) is 15.7 Å². The molecule has 0 saturated heterocycles. The molecule has 0 aliphatic carbocycles. The molecule has 3 aromatic rings. The third-order valence-corrected chi connectivity index (χ3v) is 6.54. The molecule has 7 nitrogen and oxygen atoms in total. The molecule has 0 radical (unpaired) electrons. The first-order chi connectivity index (χ1) is 17.5. The first kappa shape index (κ1) is 27.4. The van der Waals surface area contributed by atoms with Gasteiger partial charge in [0.1, 0.15) is 5.75 Å².